The maximum Gasteiger partial charge on any atom is 0.268 e. The van der Waals surface area contributed by atoms with E-state index < -0.39 is 40.7 Å². The summed E-state index contributed by atoms with van der Waals surface area (Å²) in [6, 6.07) is 35.1. The van der Waals surface area contributed by atoms with E-state index in [1.54, 1.807) is 42.6 Å². The van der Waals surface area contributed by atoms with E-state index in [1.807, 2.05) is 78.9 Å². The lowest BCUT2D eigenvalue weighted by molar-refractivity contribution is -0.318. The number of aliphatic hydroxyl groups is 1. The third-order valence-electron chi connectivity index (χ3n) is 9.29. The van der Waals surface area contributed by atoms with Crippen LogP contribution in [0.15, 0.2) is 131 Å². The van der Waals surface area contributed by atoms with Crippen molar-refractivity contribution in [2.24, 2.45) is 5.11 Å². The quantitative estimate of drug-likeness (QED) is 0.0379. The average molecular weight is 755 g/mol. The molecule has 4 aromatic carbocycles. The van der Waals surface area contributed by atoms with Gasteiger partial charge in [-0.1, -0.05) is 109 Å². The fourth-order valence-corrected chi connectivity index (χ4v) is 7.92. The first-order valence-electron chi connectivity index (χ1n) is 18.2. The number of aliphatic hydroxyl groups excluding tert-OH is 1. The lowest BCUT2D eigenvalue weighted by Gasteiger charge is -2.44. The van der Waals surface area contributed by atoms with Crippen molar-refractivity contribution in [3.05, 3.63) is 149 Å². The van der Waals surface area contributed by atoms with Crippen LogP contribution in [0.2, 0.25) is 0 Å². The maximum atomic E-state index is 13.6. The summed E-state index contributed by atoms with van der Waals surface area (Å²) in [5.41, 5.74) is 11.8. The van der Waals surface area contributed by atoms with Crippen molar-refractivity contribution in [1.29, 1.82) is 0 Å². The zero-order valence-corrected chi connectivity index (χ0v) is 30.8. The van der Waals surface area contributed by atoms with Gasteiger partial charge in [0.05, 0.1) is 36.8 Å². The second kappa shape index (κ2) is 19.7. The zero-order chi connectivity index (χ0) is 37.6. The van der Waals surface area contributed by atoms with Crippen LogP contribution < -0.4 is 0 Å². The van der Waals surface area contributed by atoms with Gasteiger partial charge in [0.25, 0.3) is 10.0 Å². The van der Waals surface area contributed by atoms with E-state index in [1.165, 1.54) is 3.97 Å². The Morgan fingerprint density at radius 3 is 2.07 bits per heavy atom. The molecule has 5 aromatic rings. The zero-order valence-electron chi connectivity index (χ0n) is 30.0. The molecule has 2 heterocycles. The van der Waals surface area contributed by atoms with Crippen LogP contribution in [0, 0.1) is 0 Å². The molecule has 0 aliphatic carbocycles. The highest BCUT2D eigenvalue weighted by Gasteiger charge is 2.47. The molecule has 0 spiro atoms. The van der Waals surface area contributed by atoms with Crippen molar-refractivity contribution >= 4 is 20.9 Å². The first kappa shape index (κ1) is 39.1. The van der Waals surface area contributed by atoms with Crippen LogP contribution in [0.25, 0.3) is 21.3 Å². The highest BCUT2D eigenvalue weighted by Crippen LogP contribution is 2.30. The molecule has 5 atom stereocenters. The van der Waals surface area contributed by atoms with Crippen molar-refractivity contribution in [3.8, 4) is 0 Å². The number of hydrogen-bond donors (Lipinski definition) is 1. The van der Waals surface area contributed by atoms with Gasteiger partial charge in [0, 0.05) is 29.6 Å². The number of fused-ring (bicyclic) bond motifs is 1. The SMILES string of the molecule is [N-]=[N+]=NCCCCCOC[C@@H]1O[C@H](OCCc2cn(S(=O)(=O)c3ccccc3)c3ccccc23)[C@H](O)[C@H](OCc2ccccc2)[C@H]1OCc1ccccc1. The summed E-state index contributed by atoms with van der Waals surface area (Å²) in [5, 5.41) is 16.2. The maximum absolute atomic E-state index is 13.6. The third-order valence-corrected chi connectivity index (χ3v) is 11.0. The average Bonchev–Trinajstić information content (AvgIpc) is 3.59. The Labute approximate surface area is 315 Å². The molecule has 0 saturated carbocycles. The van der Waals surface area contributed by atoms with Crippen molar-refractivity contribution in [2.45, 2.75) is 74.5 Å². The van der Waals surface area contributed by atoms with Crippen LogP contribution >= 0.6 is 0 Å². The van der Waals surface area contributed by atoms with Crippen LogP contribution in [0.3, 0.4) is 0 Å². The van der Waals surface area contributed by atoms with E-state index in [0.717, 1.165) is 41.3 Å². The third kappa shape index (κ3) is 10.1. The Morgan fingerprint density at radius 2 is 1.39 bits per heavy atom. The molecule has 0 unspecified atom stereocenters. The molecule has 13 heteroatoms. The Balaban J connectivity index is 1.19. The van der Waals surface area contributed by atoms with Gasteiger partial charge in [-0.2, -0.15) is 0 Å². The molecule has 0 bridgehead atoms. The Kier molecular flexibility index (Phi) is 14.3. The fraction of sp³-hybridized carbons (Fsp3) is 0.366. The first-order chi connectivity index (χ1) is 26.5. The molecule has 1 aliphatic heterocycles. The van der Waals surface area contributed by atoms with Gasteiger partial charge in [-0.15, -0.1) is 0 Å². The van der Waals surface area contributed by atoms with Gasteiger partial charge in [0.15, 0.2) is 6.29 Å². The molecule has 284 valence electrons. The molecular formula is C41H46N4O8S. The van der Waals surface area contributed by atoms with Gasteiger partial charge in [-0.05, 0) is 59.7 Å². The number of hydrogen-bond acceptors (Lipinski definition) is 9. The van der Waals surface area contributed by atoms with E-state index >= 15 is 0 Å². The highest BCUT2D eigenvalue weighted by atomic mass is 32.2. The normalized spacial score (nSPS) is 20.1. The number of nitrogens with zero attached hydrogens (tertiary/aromatic N) is 4. The molecule has 6 rings (SSSR count). The lowest BCUT2D eigenvalue weighted by atomic mass is 9.98. The lowest BCUT2D eigenvalue weighted by Crippen LogP contribution is -2.61. The Hall–Kier alpha value is -4.56. The Morgan fingerprint density at radius 1 is 0.759 bits per heavy atom. The van der Waals surface area contributed by atoms with Gasteiger partial charge < -0.3 is 28.8 Å². The van der Waals surface area contributed by atoms with Crippen molar-refractivity contribution in [3.63, 3.8) is 0 Å². The summed E-state index contributed by atoms with van der Waals surface area (Å²) < 4.78 is 60.3. The molecule has 1 fully saturated rings. The van der Waals surface area contributed by atoms with E-state index in [2.05, 4.69) is 10.0 Å². The number of rotatable bonds is 20. The van der Waals surface area contributed by atoms with Gasteiger partial charge in [0.2, 0.25) is 0 Å². The van der Waals surface area contributed by atoms with Gasteiger partial charge in [0.1, 0.15) is 24.4 Å². The molecule has 0 radical (unpaired) electrons. The van der Waals surface area contributed by atoms with Gasteiger partial charge in [-0.3, -0.25) is 0 Å². The summed E-state index contributed by atoms with van der Waals surface area (Å²) in [6.07, 6.45) is -0.108. The Bertz CT molecular complexity index is 2040. The summed E-state index contributed by atoms with van der Waals surface area (Å²) in [4.78, 5) is 2.99. The van der Waals surface area contributed by atoms with Crippen molar-refractivity contribution < 1.29 is 37.2 Å². The predicted octanol–water partition coefficient (Wildman–Crippen LogP) is 7.19. The molecule has 0 amide bonds. The van der Waals surface area contributed by atoms with Gasteiger partial charge in [-0.25, -0.2) is 12.4 Å². The van der Waals surface area contributed by atoms with Crippen LogP contribution in [-0.2, 0) is 53.3 Å². The van der Waals surface area contributed by atoms with E-state index in [4.69, 9.17) is 29.2 Å². The fourth-order valence-electron chi connectivity index (χ4n) is 6.51. The standard InChI is InChI=1S/C41H46N4O8S/c42-44-43-24-13-4-14-25-49-30-37-39(51-28-31-15-5-1-6-16-31)40(52-29-32-17-7-2-8-18-32)38(46)41(53-37)50-26-23-33-27-45(36-22-12-11-21-35(33)36)54(47,48)34-19-9-3-10-20-34/h1-3,5-12,15-22,27,37-41,46H,4,13-14,23-26,28-30H2/t37-,38+,39-,40-,41-/m0/s1. The summed E-state index contributed by atoms with van der Waals surface area (Å²) in [5.74, 6) is 0. The summed E-state index contributed by atoms with van der Waals surface area (Å²) in [6.45, 7) is 1.69. The smallest absolute Gasteiger partial charge is 0.268 e. The minimum atomic E-state index is -3.85. The largest absolute Gasteiger partial charge is 0.385 e. The molecule has 1 aliphatic rings. The second-order valence-electron chi connectivity index (χ2n) is 13.1. The molecule has 1 N–H and O–H groups in total. The van der Waals surface area contributed by atoms with E-state index in [-0.39, 0.29) is 31.3 Å². The van der Waals surface area contributed by atoms with E-state index in [9.17, 15) is 13.5 Å². The number of ether oxygens (including phenoxy) is 5. The summed E-state index contributed by atoms with van der Waals surface area (Å²) >= 11 is 0. The van der Waals surface area contributed by atoms with Gasteiger partial charge >= 0.3 is 0 Å². The first-order valence-corrected chi connectivity index (χ1v) is 19.6. The van der Waals surface area contributed by atoms with Crippen molar-refractivity contribution in [1.82, 2.24) is 3.97 Å². The molecule has 1 saturated heterocycles. The predicted molar refractivity (Wildman–Crippen MR) is 204 cm³/mol. The van der Waals surface area contributed by atoms with Crippen LogP contribution in [-0.4, -0.2) is 74.6 Å². The number of unbranched alkanes of at least 4 members (excludes halogenated alkanes) is 2. The number of azide groups is 1. The second-order valence-corrected chi connectivity index (χ2v) is 14.9. The highest BCUT2D eigenvalue weighted by molar-refractivity contribution is 7.90. The number of aromatic nitrogens is 1. The minimum absolute atomic E-state index is 0.126. The number of benzene rings is 4. The van der Waals surface area contributed by atoms with Crippen LogP contribution in [0.5, 0.6) is 0 Å². The van der Waals surface area contributed by atoms with Crippen molar-refractivity contribution in [2.75, 3.05) is 26.4 Å². The topological polar surface area (TPSA) is 154 Å². The molecule has 12 nitrogen and oxygen atoms in total. The molecule has 1 aromatic heterocycles. The molecular weight excluding hydrogens is 709 g/mol. The van der Waals surface area contributed by atoms with Crippen LogP contribution in [0.4, 0.5) is 0 Å². The number of para-hydroxylation sites is 1. The minimum Gasteiger partial charge on any atom is -0.385 e. The monoisotopic (exact) mass is 754 g/mol. The van der Waals surface area contributed by atoms with Crippen LogP contribution in [0.1, 0.15) is 36.0 Å². The summed E-state index contributed by atoms with van der Waals surface area (Å²) in [7, 11) is -3.85. The van der Waals surface area contributed by atoms with E-state index in [0.29, 0.717) is 25.1 Å². The molecule has 54 heavy (non-hydrogen) atoms.